The normalized spacial score (nSPS) is 11.4. The fourth-order valence-electron chi connectivity index (χ4n) is 12.9. The van der Waals surface area contributed by atoms with Crippen LogP contribution in [0.2, 0.25) is 0 Å². The van der Waals surface area contributed by atoms with Crippen LogP contribution >= 0.6 is 0 Å². The molecule has 0 radical (unpaired) electrons. The van der Waals surface area contributed by atoms with Gasteiger partial charge in [0.1, 0.15) is 22.3 Å². The molecule has 0 N–H and O–H groups in total. The SMILES string of the molecule is c1ccc(-c2ccc(-c3nc(-c4ccccc4)nc(-c4ccc(-c5ccc6oc7ccccc7c6c5)c5ccccc45)n3)cc2)cc1.c1ccc(-c2ccc(-c3nc(-c4ccccc4)nc(-c4ccc(-c5cccc6oc7ccccc7c56)c5ccccc45)n3)cc2)cc1. The summed E-state index contributed by atoms with van der Waals surface area (Å²) >= 11 is 0. The maximum atomic E-state index is 6.24. The first-order valence-electron chi connectivity index (χ1n) is 31.4. The van der Waals surface area contributed by atoms with E-state index in [0.29, 0.717) is 34.9 Å². The van der Waals surface area contributed by atoms with E-state index in [1.165, 1.54) is 11.1 Å². The molecule has 18 rings (SSSR count). The van der Waals surface area contributed by atoms with Crippen molar-refractivity contribution in [2.75, 3.05) is 0 Å². The van der Waals surface area contributed by atoms with E-state index < -0.39 is 0 Å². The van der Waals surface area contributed by atoms with Crippen molar-refractivity contribution in [3.05, 3.63) is 328 Å². The van der Waals surface area contributed by atoms with Gasteiger partial charge in [-0.25, -0.2) is 29.9 Å². The van der Waals surface area contributed by atoms with Gasteiger partial charge >= 0.3 is 0 Å². The van der Waals surface area contributed by atoms with Gasteiger partial charge in [-0.15, -0.1) is 0 Å². The van der Waals surface area contributed by atoms with E-state index in [1.54, 1.807) is 0 Å². The van der Waals surface area contributed by atoms with Crippen LogP contribution in [-0.2, 0) is 0 Å². The van der Waals surface area contributed by atoms with E-state index in [9.17, 15) is 0 Å². The lowest BCUT2D eigenvalue weighted by Gasteiger charge is -2.14. The van der Waals surface area contributed by atoms with Gasteiger partial charge in [0, 0.05) is 54.9 Å². The van der Waals surface area contributed by atoms with Gasteiger partial charge < -0.3 is 8.83 Å². The number of fused-ring (bicyclic) bond motifs is 8. The molecule has 8 nitrogen and oxygen atoms in total. The third-order valence-electron chi connectivity index (χ3n) is 17.5. The minimum Gasteiger partial charge on any atom is -0.456 e. The monoisotopic (exact) mass is 1200 g/mol. The highest BCUT2D eigenvalue weighted by molar-refractivity contribution is 6.16. The summed E-state index contributed by atoms with van der Waals surface area (Å²) in [6.07, 6.45) is 0. The summed E-state index contributed by atoms with van der Waals surface area (Å²) in [5.74, 6) is 3.83. The average molecular weight is 1200 g/mol. The van der Waals surface area contributed by atoms with Gasteiger partial charge in [0.25, 0.3) is 0 Å². The average Bonchev–Trinajstić information content (AvgIpc) is 1.38. The number of para-hydroxylation sites is 2. The van der Waals surface area contributed by atoms with E-state index in [2.05, 4.69) is 224 Å². The van der Waals surface area contributed by atoms with Gasteiger partial charge in [-0.2, -0.15) is 0 Å². The Bertz CT molecular complexity index is 5830. The molecule has 18 aromatic rings. The summed E-state index contributed by atoms with van der Waals surface area (Å²) < 4.78 is 12.3. The van der Waals surface area contributed by atoms with Crippen LogP contribution in [0.1, 0.15) is 0 Å². The number of furan rings is 2. The highest BCUT2D eigenvalue weighted by Crippen LogP contribution is 2.43. The van der Waals surface area contributed by atoms with E-state index in [1.807, 2.05) is 103 Å². The topological polar surface area (TPSA) is 104 Å². The molecule has 0 saturated heterocycles. The first kappa shape index (κ1) is 55.3. The van der Waals surface area contributed by atoms with Crippen molar-refractivity contribution in [2.45, 2.75) is 0 Å². The highest BCUT2D eigenvalue weighted by atomic mass is 16.3. The molecule has 0 aliphatic rings. The Morgan fingerprint density at radius 2 is 0.468 bits per heavy atom. The van der Waals surface area contributed by atoms with Crippen LogP contribution in [0.3, 0.4) is 0 Å². The largest absolute Gasteiger partial charge is 0.456 e. The molecule has 4 heterocycles. The van der Waals surface area contributed by atoms with Crippen molar-refractivity contribution < 1.29 is 8.83 Å². The molecule has 0 aliphatic carbocycles. The van der Waals surface area contributed by atoms with Crippen LogP contribution in [-0.4, -0.2) is 29.9 Å². The van der Waals surface area contributed by atoms with Gasteiger partial charge in [-0.05, 0) is 109 Å². The van der Waals surface area contributed by atoms with E-state index in [-0.39, 0.29) is 0 Å². The lowest BCUT2D eigenvalue weighted by molar-refractivity contribution is 0.668. The molecular formula is C86H54N6O2. The highest BCUT2D eigenvalue weighted by Gasteiger charge is 2.21. The van der Waals surface area contributed by atoms with Gasteiger partial charge in [-0.3, -0.25) is 0 Å². The Morgan fingerprint density at radius 1 is 0.160 bits per heavy atom. The predicted molar refractivity (Wildman–Crippen MR) is 384 cm³/mol. The molecule has 0 fully saturated rings. The predicted octanol–water partition coefficient (Wildman–Crippen LogP) is 22.5. The first-order valence-corrected chi connectivity index (χ1v) is 31.4. The lowest BCUT2D eigenvalue weighted by Crippen LogP contribution is -2.00. The van der Waals surface area contributed by atoms with Crippen molar-refractivity contribution in [3.63, 3.8) is 0 Å². The molecule has 4 aromatic heterocycles. The van der Waals surface area contributed by atoms with E-state index in [0.717, 1.165) is 132 Å². The molecule has 0 bridgehead atoms. The lowest BCUT2D eigenvalue weighted by atomic mass is 9.92. The quantitative estimate of drug-likeness (QED) is 0.133. The van der Waals surface area contributed by atoms with Crippen LogP contribution in [0.5, 0.6) is 0 Å². The molecule has 8 heteroatoms. The molecule has 0 saturated carbocycles. The molecular weight excluding hydrogens is 1150 g/mol. The fourth-order valence-corrected chi connectivity index (χ4v) is 12.9. The van der Waals surface area contributed by atoms with Crippen molar-refractivity contribution in [2.24, 2.45) is 0 Å². The summed E-state index contributed by atoms with van der Waals surface area (Å²) in [5.41, 5.74) is 18.4. The first-order chi connectivity index (χ1) is 46.6. The second-order valence-electron chi connectivity index (χ2n) is 23.2. The molecule has 0 amide bonds. The van der Waals surface area contributed by atoms with Gasteiger partial charge in [0.05, 0.1) is 0 Å². The Kier molecular flexibility index (Phi) is 14.0. The Balaban J connectivity index is 0.000000143. The number of hydrogen-bond donors (Lipinski definition) is 0. The van der Waals surface area contributed by atoms with Crippen molar-refractivity contribution in [1.29, 1.82) is 0 Å². The zero-order valence-corrected chi connectivity index (χ0v) is 50.7. The minimum atomic E-state index is 0.635. The van der Waals surface area contributed by atoms with Gasteiger partial charge in [0.15, 0.2) is 34.9 Å². The van der Waals surface area contributed by atoms with E-state index >= 15 is 0 Å². The van der Waals surface area contributed by atoms with Crippen LogP contribution < -0.4 is 0 Å². The molecule has 0 aliphatic heterocycles. The zero-order chi connectivity index (χ0) is 62.3. The Hall–Kier alpha value is -12.8. The summed E-state index contributed by atoms with van der Waals surface area (Å²) in [6, 6.07) is 113. The smallest absolute Gasteiger partial charge is 0.164 e. The number of rotatable bonds is 10. The molecule has 0 unspecified atom stereocenters. The third kappa shape index (κ3) is 10.4. The maximum absolute atomic E-state index is 6.24. The Morgan fingerprint density at radius 3 is 0.968 bits per heavy atom. The number of hydrogen-bond acceptors (Lipinski definition) is 8. The summed E-state index contributed by atoms with van der Waals surface area (Å²) in [4.78, 5) is 30.2. The fraction of sp³-hybridized carbons (Fsp3) is 0. The second kappa shape index (κ2) is 23.9. The van der Waals surface area contributed by atoms with Crippen molar-refractivity contribution in [3.8, 4) is 113 Å². The summed E-state index contributed by atoms with van der Waals surface area (Å²) in [7, 11) is 0. The Labute approximate surface area is 541 Å². The number of nitrogens with zero attached hydrogens (tertiary/aromatic N) is 6. The molecule has 0 atom stereocenters. The molecule has 14 aromatic carbocycles. The maximum Gasteiger partial charge on any atom is 0.164 e. The minimum absolute atomic E-state index is 0.635. The van der Waals surface area contributed by atoms with Crippen molar-refractivity contribution >= 4 is 65.4 Å². The van der Waals surface area contributed by atoms with E-state index in [4.69, 9.17) is 38.7 Å². The van der Waals surface area contributed by atoms with Crippen LogP contribution in [0.15, 0.2) is 336 Å². The molecule has 0 spiro atoms. The number of benzene rings is 14. The number of aromatic nitrogens is 6. The van der Waals surface area contributed by atoms with Crippen molar-refractivity contribution in [1.82, 2.24) is 29.9 Å². The second-order valence-corrected chi connectivity index (χ2v) is 23.2. The van der Waals surface area contributed by atoms with Crippen LogP contribution in [0, 0.1) is 0 Å². The van der Waals surface area contributed by atoms with Gasteiger partial charge in [0.2, 0.25) is 0 Å². The summed E-state index contributed by atoms with van der Waals surface area (Å²) in [6.45, 7) is 0. The van der Waals surface area contributed by atoms with Crippen LogP contribution in [0.25, 0.3) is 178 Å². The molecule has 94 heavy (non-hydrogen) atoms. The molecule has 440 valence electrons. The zero-order valence-electron chi connectivity index (χ0n) is 50.7. The van der Waals surface area contributed by atoms with Gasteiger partial charge in [-0.1, -0.05) is 285 Å². The third-order valence-corrected chi connectivity index (χ3v) is 17.5. The van der Waals surface area contributed by atoms with Crippen LogP contribution in [0.4, 0.5) is 0 Å². The summed E-state index contributed by atoms with van der Waals surface area (Å²) in [5, 5.41) is 8.87. The standard InChI is InChI=1S/2C43H27N3O/c1-3-12-28(13-4-1)29-22-24-31(25-23-29)42-44-41(30-14-5-2-6-15-30)45-43(46-42)36-27-26-34(32-16-7-8-17-33(32)36)35-19-11-21-39-40(35)37-18-9-10-20-38(37)47-39;1-3-11-28(12-4-1)29-19-21-31(22-20-29)42-44-41(30-13-5-2-6-14-30)45-43(46-42)37-25-24-33(34-15-7-8-16-35(34)37)32-23-26-40-38(27-32)36-17-9-10-18-39(36)47-40/h2*1-27H.